The minimum atomic E-state index is -0.251. The van der Waals surface area contributed by atoms with Crippen LogP contribution in [0.5, 0.6) is 0 Å². The summed E-state index contributed by atoms with van der Waals surface area (Å²) in [5.74, 6) is -0.223. The quantitative estimate of drug-likeness (QED) is 0.658. The van der Waals surface area contributed by atoms with Gasteiger partial charge in [0.15, 0.2) is 0 Å². The van der Waals surface area contributed by atoms with Gasteiger partial charge in [0, 0.05) is 12.1 Å². The first-order valence-corrected chi connectivity index (χ1v) is 4.80. The molecule has 0 amide bonds. The third-order valence-electron chi connectivity index (χ3n) is 2.61. The molecule has 1 unspecified atom stereocenters. The first-order chi connectivity index (χ1) is 6.31. The summed E-state index contributed by atoms with van der Waals surface area (Å²) in [6.07, 6.45) is 0. The average molecular weight is 202 g/mol. The average Bonchev–Trinajstić information content (AvgIpc) is 2.12. The second-order valence-corrected chi connectivity index (χ2v) is 4.33. The van der Waals surface area contributed by atoms with Crippen LogP contribution in [-0.2, 0) is 9.53 Å². The van der Waals surface area contributed by atoms with Crippen molar-refractivity contribution in [1.29, 1.82) is 0 Å². The van der Waals surface area contributed by atoms with E-state index in [1.165, 1.54) is 7.11 Å². The Kier molecular flexibility index (Phi) is 5.08. The number of ether oxygens (including phenoxy) is 1. The molecule has 0 rings (SSSR count). The van der Waals surface area contributed by atoms with E-state index in [1.54, 1.807) is 6.92 Å². The number of nitrogens with one attached hydrogen (secondary N) is 1. The Morgan fingerprint density at radius 2 is 2.00 bits per heavy atom. The first-order valence-electron chi connectivity index (χ1n) is 4.80. The Hall–Kier alpha value is -0.610. The van der Waals surface area contributed by atoms with Gasteiger partial charge < -0.3 is 15.0 Å². The van der Waals surface area contributed by atoms with Crippen LogP contribution in [0.15, 0.2) is 0 Å². The van der Waals surface area contributed by atoms with Gasteiger partial charge in [-0.1, -0.05) is 0 Å². The Labute approximate surface area is 86.6 Å². The maximum Gasteiger partial charge on any atom is 0.322 e. The number of carbonyl (C=O) groups excluding carboxylic acids is 1. The maximum absolute atomic E-state index is 11.1. The van der Waals surface area contributed by atoms with E-state index >= 15 is 0 Å². The number of esters is 1. The number of rotatable bonds is 5. The molecule has 1 N–H and O–H groups in total. The fraction of sp³-hybridized carbons (Fsp3) is 0.900. The highest BCUT2D eigenvalue weighted by Gasteiger charge is 2.22. The van der Waals surface area contributed by atoms with E-state index in [4.69, 9.17) is 0 Å². The summed E-state index contributed by atoms with van der Waals surface area (Å²) >= 11 is 0. The predicted octanol–water partition coefficient (Wildman–Crippen LogP) is 0.478. The molecule has 4 heteroatoms. The SMILES string of the molecule is COC(=O)C(C)NCC(C)(C)N(C)C. The second-order valence-electron chi connectivity index (χ2n) is 4.33. The predicted molar refractivity (Wildman–Crippen MR) is 57.2 cm³/mol. The second kappa shape index (κ2) is 5.32. The maximum atomic E-state index is 11.1. The lowest BCUT2D eigenvalue weighted by Crippen LogP contribution is -2.50. The summed E-state index contributed by atoms with van der Waals surface area (Å²) < 4.78 is 4.62. The number of methoxy groups -OCH3 is 1. The molecule has 84 valence electrons. The molecule has 0 aromatic heterocycles. The molecule has 0 saturated heterocycles. The number of hydrogen-bond donors (Lipinski definition) is 1. The Bertz CT molecular complexity index is 191. The van der Waals surface area contributed by atoms with E-state index < -0.39 is 0 Å². The van der Waals surface area contributed by atoms with Crippen molar-refractivity contribution in [3.05, 3.63) is 0 Å². The van der Waals surface area contributed by atoms with E-state index in [-0.39, 0.29) is 17.6 Å². The summed E-state index contributed by atoms with van der Waals surface area (Å²) in [6, 6.07) is -0.251. The van der Waals surface area contributed by atoms with Gasteiger partial charge in [-0.25, -0.2) is 0 Å². The van der Waals surface area contributed by atoms with E-state index in [0.717, 1.165) is 6.54 Å². The Morgan fingerprint density at radius 1 is 1.50 bits per heavy atom. The third-order valence-corrected chi connectivity index (χ3v) is 2.61. The van der Waals surface area contributed by atoms with Gasteiger partial charge in [0.2, 0.25) is 0 Å². The summed E-state index contributed by atoms with van der Waals surface area (Å²) in [6.45, 7) is 6.78. The largest absolute Gasteiger partial charge is 0.468 e. The van der Waals surface area contributed by atoms with Crippen LogP contribution in [0.4, 0.5) is 0 Å². The minimum absolute atomic E-state index is 0.0300. The number of carbonyl (C=O) groups is 1. The van der Waals surface area contributed by atoms with E-state index in [2.05, 4.69) is 28.8 Å². The monoisotopic (exact) mass is 202 g/mol. The van der Waals surface area contributed by atoms with E-state index in [0.29, 0.717) is 0 Å². The lowest BCUT2D eigenvalue weighted by Gasteiger charge is -2.33. The van der Waals surface area contributed by atoms with Gasteiger partial charge in [-0.15, -0.1) is 0 Å². The van der Waals surface area contributed by atoms with Gasteiger partial charge in [-0.3, -0.25) is 4.79 Å². The van der Waals surface area contributed by atoms with Crippen molar-refractivity contribution in [3.8, 4) is 0 Å². The van der Waals surface area contributed by atoms with Gasteiger partial charge in [0.05, 0.1) is 7.11 Å². The first kappa shape index (κ1) is 13.4. The molecule has 0 aromatic carbocycles. The smallest absolute Gasteiger partial charge is 0.322 e. The molecule has 0 aliphatic heterocycles. The van der Waals surface area contributed by atoms with Gasteiger partial charge in [-0.05, 0) is 34.9 Å². The Morgan fingerprint density at radius 3 is 2.36 bits per heavy atom. The molecule has 0 fully saturated rings. The van der Waals surface area contributed by atoms with Crippen molar-refractivity contribution in [1.82, 2.24) is 10.2 Å². The lowest BCUT2D eigenvalue weighted by atomic mass is 10.0. The van der Waals surface area contributed by atoms with Crippen LogP contribution < -0.4 is 5.32 Å². The molecule has 0 spiro atoms. The van der Waals surface area contributed by atoms with Crippen molar-refractivity contribution in [3.63, 3.8) is 0 Å². The minimum Gasteiger partial charge on any atom is -0.468 e. The van der Waals surface area contributed by atoms with Crippen LogP contribution in [-0.4, -0.2) is 50.2 Å². The molecule has 0 bridgehead atoms. The molecular weight excluding hydrogens is 180 g/mol. The van der Waals surface area contributed by atoms with Crippen LogP contribution >= 0.6 is 0 Å². The summed E-state index contributed by atoms with van der Waals surface area (Å²) in [5.41, 5.74) is 0.0300. The van der Waals surface area contributed by atoms with Gasteiger partial charge in [0.25, 0.3) is 0 Å². The summed E-state index contributed by atoms with van der Waals surface area (Å²) in [7, 11) is 5.44. The molecular formula is C10H22N2O2. The summed E-state index contributed by atoms with van der Waals surface area (Å²) in [5, 5.41) is 3.14. The fourth-order valence-corrected chi connectivity index (χ4v) is 0.821. The zero-order chi connectivity index (χ0) is 11.4. The molecule has 0 aliphatic rings. The molecule has 0 aliphatic carbocycles. The van der Waals surface area contributed by atoms with Crippen molar-refractivity contribution < 1.29 is 9.53 Å². The van der Waals surface area contributed by atoms with Crippen molar-refractivity contribution >= 4 is 5.97 Å². The molecule has 0 saturated carbocycles. The van der Waals surface area contributed by atoms with Gasteiger partial charge >= 0.3 is 5.97 Å². The topological polar surface area (TPSA) is 41.6 Å². The normalized spacial score (nSPS) is 14.2. The Balaban J connectivity index is 3.99. The van der Waals surface area contributed by atoms with E-state index in [1.807, 2.05) is 14.1 Å². The van der Waals surface area contributed by atoms with Crippen LogP contribution in [0.1, 0.15) is 20.8 Å². The third kappa shape index (κ3) is 4.07. The number of hydrogen-bond acceptors (Lipinski definition) is 4. The highest BCUT2D eigenvalue weighted by atomic mass is 16.5. The van der Waals surface area contributed by atoms with Gasteiger partial charge in [-0.2, -0.15) is 0 Å². The summed E-state index contributed by atoms with van der Waals surface area (Å²) in [4.78, 5) is 13.2. The van der Waals surface area contributed by atoms with Crippen LogP contribution in [0.2, 0.25) is 0 Å². The lowest BCUT2D eigenvalue weighted by molar-refractivity contribution is -0.142. The molecule has 0 heterocycles. The highest BCUT2D eigenvalue weighted by molar-refractivity contribution is 5.75. The molecule has 1 atom stereocenters. The van der Waals surface area contributed by atoms with Crippen LogP contribution in [0, 0.1) is 0 Å². The highest BCUT2D eigenvalue weighted by Crippen LogP contribution is 2.08. The van der Waals surface area contributed by atoms with Crippen molar-refractivity contribution in [2.75, 3.05) is 27.7 Å². The zero-order valence-corrected chi connectivity index (χ0v) is 10.0. The van der Waals surface area contributed by atoms with E-state index in [9.17, 15) is 4.79 Å². The van der Waals surface area contributed by atoms with Crippen LogP contribution in [0.3, 0.4) is 0 Å². The molecule has 4 nitrogen and oxygen atoms in total. The standard InChI is InChI=1S/C10H22N2O2/c1-8(9(13)14-6)11-7-10(2,3)12(4)5/h8,11H,7H2,1-6H3. The number of nitrogens with zero attached hydrogens (tertiary/aromatic N) is 1. The van der Waals surface area contributed by atoms with Crippen molar-refractivity contribution in [2.24, 2.45) is 0 Å². The van der Waals surface area contributed by atoms with Gasteiger partial charge in [0.1, 0.15) is 6.04 Å². The molecule has 0 aromatic rings. The van der Waals surface area contributed by atoms with Crippen molar-refractivity contribution in [2.45, 2.75) is 32.4 Å². The molecule has 14 heavy (non-hydrogen) atoms. The molecule has 0 radical (unpaired) electrons. The zero-order valence-electron chi connectivity index (χ0n) is 10.0. The fourth-order valence-electron chi connectivity index (χ4n) is 0.821. The van der Waals surface area contributed by atoms with Crippen LogP contribution in [0.25, 0.3) is 0 Å². The number of likely N-dealkylation sites (N-methyl/N-ethyl adjacent to an activating group) is 1.